The molecule has 0 saturated heterocycles. The summed E-state index contributed by atoms with van der Waals surface area (Å²) in [6.45, 7) is 1.86. The third-order valence-electron chi connectivity index (χ3n) is 4.17. The number of nitrogens with zero attached hydrogens (tertiary/aromatic N) is 1. The third kappa shape index (κ3) is 2.21. The molecule has 5 nitrogen and oxygen atoms in total. The van der Waals surface area contributed by atoms with Gasteiger partial charge >= 0.3 is 11.6 Å². The van der Waals surface area contributed by atoms with Gasteiger partial charge in [-0.15, -0.1) is 0 Å². The molecule has 2 aromatic heterocycles. The maximum Gasteiger partial charge on any atom is 0.336 e. The summed E-state index contributed by atoms with van der Waals surface area (Å²) in [5.74, 6) is -0.0686. The molecule has 1 aliphatic heterocycles. The average molecular weight is 307 g/mol. The first-order valence-electron chi connectivity index (χ1n) is 7.31. The van der Waals surface area contributed by atoms with E-state index in [1.807, 2.05) is 25.1 Å². The highest BCUT2D eigenvalue weighted by Gasteiger charge is 2.31. The zero-order valence-corrected chi connectivity index (χ0v) is 12.4. The summed E-state index contributed by atoms with van der Waals surface area (Å²) in [7, 11) is 0. The lowest BCUT2D eigenvalue weighted by atomic mass is 9.85. The Morgan fingerprint density at radius 2 is 1.91 bits per heavy atom. The van der Waals surface area contributed by atoms with Crippen molar-refractivity contribution >= 4 is 16.9 Å². The fourth-order valence-corrected chi connectivity index (χ4v) is 3.12. The van der Waals surface area contributed by atoms with Crippen LogP contribution in [-0.4, -0.2) is 11.0 Å². The van der Waals surface area contributed by atoms with E-state index in [0.29, 0.717) is 11.3 Å². The minimum atomic E-state index is -0.409. The summed E-state index contributed by atoms with van der Waals surface area (Å²) in [5.41, 5.74) is 2.60. The van der Waals surface area contributed by atoms with Gasteiger partial charge in [0.1, 0.15) is 11.3 Å². The number of aryl methyl sites for hydroxylation is 1. The highest BCUT2D eigenvalue weighted by molar-refractivity contribution is 5.89. The second-order valence-electron chi connectivity index (χ2n) is 5.61. The third-order valence-corrected chi connectivity index (χ3v) is 4.17. The number of hydrogen-bond acceptors (Lipinski definition) is 5. The monoisotopic (exact) mass is 307 g/mol. The van der Waals surface area contributed by atoms with Crippen molar-refractivity contribution in [1.29, 1.82) is 0 Å². The molecule has 0 aliphatic carbocycles. The van der Waals surface area contributed by atoms with Crippen molar-refractivity contribution in [3.05, 3.63) is 69.8 Å². The largest absolute Gasteiger partial charge is 0.426 e. The Bertz CT molecular complexity index is 975. The zero-order valence-electron chi connectivity index (χ0n) is 12.4. The Morgan fingerprint density at radius 1 is 1.13 bits per heavy atom. The summed E-state index contributed by atoms with van der Waals surface area (Å²) >= 11 is 0. The maximum absolute atomic E-state index is 11.9. The fourth-order valence-electron chi connectivity index (χ4n) is 3.12. The Morgan fingerprint density at radius 3 is 2.70 bits per heavy atom. The van der Waals surface area contributed by atoms with Crippen molar-refractivity contribution in [3.8, 4) is 5.75 Å². The van der Waals surface area contributed by atoms with E-state index in [4.69, 9.17) is 9.15 Å². The normalized spacial score (nSPS) is 16.9. The Hall–Kier alpha value is -2.95. The first-order chi connectivity index (χ1) is 11.1. The molecule has 0 N–H and O–H groups in total. The molecular formula is C18H13NO4. The van der Waals surface area contributed by atoms with E-state index in [9.17, 15) is 9.59 Å². The van der Waals surface area contributed by atoms with Crippen LogP contribution in [0.2, 0.25) is 0 Å². The van der Waals surface area contributed by atoms with Gasteiger partial charge in [0.15, 0.2) is 0 Å². The lowest BCUT2D eigenvalue weighted by Gasteiger charge is -2.25. The van der Waals surface area contributed by atoms with E-state index < -0.39 is 5.63 Å². The molecule has 3 heterocycles. The molecule has 114 valence electrons. The summed E-state index contributed by atoms with van der Waals surface area (Å²) < 4.78 is 10.8. The molecule has 0 fully saturated rings. The van der Waals surface area contributed by atoms with Gasteiger partial charge in [0, 0.05) is 35.3 Å². The van der Waals surface area contributed by atoms with Crippen molar-refractivity contribution < 1.29 is 13.9 Å². The van der Waals surface area contributed by atoms with Crippen LogP contribution in [-0.2, 0) is 4.79 Å². The molecular weight excluding hydrogens is 294 g/mol. The van der Waals surface area contributed by atoms with Gasteiger partial charge in [0.05, 0.1) is 6.42 Å². The summed E-state index contributed by atoms with van der Waals surface area (Å²) in [6.07, 6.45) is 3.57. The number of benzene rings is 1. The van der Waals surface area contributed by atoms with E-state index in [0.717, 1.165) is 22.1 Å². The average Bonchev–Trinajstić information content (AvgIpc) is 2.54. The van der Waals surface area contributed by atoms with Gasteiger partial charge < -0.3 is 9.15 Å². The van der Waals surface area contributed by atoms with Crippen molar-refractivity contribution in [2.75, 3.05) is 0 Å². The van der Waals surface area contributed by atoms with E-state index in [-0.39, 0.29) is 18.3 Å². The second-order valence-corrected chi connectivity index (χ2v) is 5.61. The van der Waals surface area contributed by atoms with E-state index >= 15 is 0 Å². The summed E-state index contributed by atoms with van der Waals surface area (Å²) in [4.78, 5) is 27.8. The molecule has 5 heteroatoms. The summed E-state index contributed by atoms with van der Waals surface area (Å²) in [6, 6.07) is 8.76. The first-order valence-corrected chi connectivity index (χ1v) is 7.31. The van der Waals surface area contributed by atoms with Crippen LogP contribution in [0.4, 0.5) is 0 Å². The van der Waals surface area contributed by atoms with E-state index in [1.165, 1.54) is 6.07 Å². The van der Waals surface area contributed by atoms with Crippen molar-refractivity contribution in [3.63, 3.8) is 0 Å². The van der Waals surface area contributed by atoms with Crippen LogP contribution in [0.25, 0.3) is 11.0 Å². The predicted molar refractivity (Wildman–Crippen MR) is 83.6 cm³/mol. The van der Waals surface area contributed by atoms with Gasteiger partial charge in [-0.3, -0.25) is 9.78 Å². The zero-order chi connectivity index (χ0) is 16.0. The number of aromatic nitrogens is 1. The Labute approximate surface area is 131 Å². The minimum Gasteiger partial charge on any atom is -0.426 e. The molecule has 1 aliphatic rings. The van der Waals surface area contributed by atoms with Crippen molar-refractivity contribution in [2.45, 2.75) is 19.3 Å². The van der Waals surface area contributed by atoms with Crippen molar-refractivity contribution in [2.24, 2.45) is 0 Å². The van der Waals surface area contributed by atoms with Crippen LogP contribution in [0.3, 0.4) is 0 Å². The van der Waals surface area contributed by atoms with Crippen LogP contribution in [0.1, 0.15) is 29.0 Å². The van der Waals surface area contributed by atoms with E-state index in [2.05, 4.69) is 4.98 Å². The first kappa shape index (κ1) is 13.7. The number of rotatable bonds is 1. The molecule has 0 bridgehead atoms. The SMILES string of the molecule is Cc1cc(=O)oc2c3c(ccc12)OC(=O)C[C@H]3c1ccncc1. The molecule has 0 amide bonds. The molecule has 3 aromatic rings. The molecule has 4 rings (SSSR count). The maximum atomic E-state index is 11.9. The van der Waals surface area contributed by atoms with Gasteiger partial charge in [-0.1, -0.05) is 0 Å². The topological polar surface area (TPSA) is 69.4 Å². The number of carbonyl (C=O) groups is 1. The van der Waals surface area contributed by atoms with Gasteiger partial charge in [0.25, 0.3) is 0 Å². The number of fused-ring (bicyclic) bond motifs is 3. The molecule has 1 aromatic carbocycles. The molecule has 1 atom stereocenters. The number of carbonyl (C=O) groups excluding carboxylic acids is 1. The summed E-state index contributed by atoms with van der Waals surface area (Å²) in [5, 5.41) is 0.848. The Balaban J connectivity index is 2.06. The van der Waals surface area contributed by atoms with Crippen LogP contribution >= 0.6 is 0 Å². The Kier molecular flexibility index (Phi) is 3.01. The molecule has 0 unspecified atom stereocenters. The van der Waals surface area contributed by atoms with Crippen LogP contribution in [0.5, 0.6) is 5.75 Å². The highest BCUT2D eigenvalue weighted by Crippen LogP contribution is 2.42. The number of ether oxygens (including phenoxy) is 1. The molecule has 0 saturated carbocycles. The van der Waals surface area contributed by atoms with Crippen LogP contribution in [0, 0.1) is 6.92 Å². The van der Waals surface area contributed by atoms with Gasteiger partial charge in [-0.05, 0) is 42.3 Å². The standard InChI is InChI=1S/C18H13NO4/c1-10-8-15(20)23-18-12(10)2-3-14-17(18)13(9-16(21)22-14)11-4-6-19-7-5-11/h2-8,13H,9H2,1H3/t13-/m0/s1. The van der Waals surface area contributed by atoms with Gasteiger partial charge in [0.2, 0.25) is 0 Å². The molecule has 23 heavy (non-hydrogen) atoms. The van der Waals surface area contributed by atoms with E-state index in [1.54, 1.807) is 18.5 Å². The molecule has 0 spiro atoms. The van der Waals surface area contributed by atoms with Crippen molar-refractivity contribution in [1.82, 2.24) is 4.98 Å². The second kappa shape index (κ2) is 5.05. The fraction of sp³-hybridized carbons (Fsp3) is 0.167. The van der Waals surface area contributed by atoms with Gasteiger partial charge in [-0.25, -0.2) is 4.79 Å². The number of pyridine rings is 1. The number of hydrogen-bond donors (Lipinski definition) is 0. The predicted octanol–water partition coefficient (Wildman–Crippen LogP) is 2.94. The highest BCUT2D eigenvalue weighted by atomic mass is 16.5. The molecule has 0 radical (unpaired) electrons. The van der Waals surface area contributed by atoms with Crippen LogP contribution < -0.4 is 10.4 Å². The van der Waals surface area contributed by atoms with Gasteiger partial charge in [-0.2, -0.15) is 0 Å². The lowest BCUT2D eigenvalue weighted by molar-refractivity contribution is -0.135. The quantitative estimate of drug-likeness (QED) is 0.393. The minimum absolute atomic E-state index is 0.202. The number of esters is 1. The smallest absolute Gasteiger partial charge is 0.336 e. The lowest BCUT2D eigenvalue weighted by Crippen LogP contribution is -2.21. The van der Waals surface area contributed by atoms with Crippen LogP contribution in [0.15, 0.2) is 51.9 Å².